The quantitative estimate of drug-likeness (QED) is 0.268. The molecule has 2 aliphatic rings. The van der Waals surface area contributed by atoms with Crippen molar-refractivity contribution in [2.24, 2.45) is 0 Å². The van der Waals surface area contributed by atoms with Gasteiger partial charge in [0.15, 0.2) is 12.6 Å². The van der Waals surface area contributed by atoms with E-state index in [2.05, 4.69) is 0 Å². The molecule has 0 radical (unpaired) electrons. The summed E-state index contributed by atoms with van der Waals surface area (Å²) >= 11 is 0. The lowest BCUT2D eigenvalue weighted by atomic mass is 9.99. The highest BCUT2D eigenvalue weighted by molar-refractivity contribution is 4.89. The van der Waals surface area contributed by atoms with E-state index < -0.39 is 55.3 Å². The molecule has 2 heterocycles. The molecular formula is C11H20O10. The van der Waals surface area contributed by atoms with Crippen LogP contribution in [0.15, 0.2) is 0 Å². The second-order valence-corrected chi connectivity index (χ2v) is 5.12. The molecule has 9 atom stereocenters. The summed E-state index contributed by atoms with van der Waals surface area (Å²) in [5.74, 6) is 0. The van der Waals surface area contributed by atoms with Gasteiger partial charge in [-0.2, -0.15) is 0 Å². The monoisotopic (exact) mass is 312 g/mol. The Morgan fingerprint density at radius 3 is 2.14 bits per heavy atom. The number of rotatable bonds is 3. The Balaban J connectivity index is 1.88. The standard InChI is InChI=1S/C11H20O10/c12-3-1-19-11(9(17)5(3)13)20-2-4-6(14)7(15)8(16)10(18)21-4/h3-18H,1-2H2/t3-,4-,5-,6-,7+,8-,9+,10-,11-/m0/s1. The van der Waals surface area contributed by atoms with Crippen molar-refractivity contribution in [3.8, 4) is 0 Å². The van der Waals surface area contributed by atoms with E-state index in [9.17, 15) is 35.7 Å². The molecule has 2 fully saturated rings. The van der Waals surface area contributed by atoms with E-state index in [-0.39, 0.29) is 13.2 Å². The molecular weight excluding hydrogens is 292 g/mol. The molecule has 2 aliphatic heterocycles. The Bertz CT molecular complexity index is 341. The highest BCUT2D eigenvalue weighted by Crippen LogP contribution is 2.22. The fraction of sp³-hybridized carbons (Fsp3) is 1.00. The zero-order chi connectivity index (χ0) is 15.7. The van der Waals surface area contributed by atoms with Gasteiger partial charge in [-0.1, -0.05) is 0 Å². The van der Waals surface area contributed by atoms with Gasteiger partial charge in [-0.25, -0.2) is 0 Å². The van der Waals surface area contributed by atoms with Crippen LogP contribution in [0.2, 0.25) is 0 Å². The summed E-state index contributed by atoms with van der Waals surface area (Å²) in [6.45, 7) is -0.631. The molecule has 7 N–H and O–H groups in total. The van der Waals surface area contributed by atoms with Gasteiger partial charge in [-0.05, 0) is 0 Å². The highest BCUT2D eigenvalue weighted by atomic mass is 16.7. The first-order valence-corrected chi connectivity index (χ1v) is 6.48. The molecule has 0 amide bonds. The van der Waals surface area contributed by atoms with Gasteiger partial charge in [0.1, 0.15) is 42.7 Å². The van der Waals surface area contributed by atoms with Crippen molar-refractivity contribution in [3.05, 3.63) is 0 Å². The van der Waals surface area contributed by atoms with E-state index in [1.165, 1.54) is 0 Å². The molecule has 124 valence electrons. The zero-order valence-corrected chi connectivity index (χ0v) is 11.0. The summed E-state index contributed by atoms with van der Waals surface area (Å²) in [5.41, 5.74) is 0. The van der Waals surface area contributed by atoms with E-state index in [0.29, 0.717) is 0 Å². The van der Waals surface area contributed by atoms with Crippen LogP contribution in [0.5, 0.6) is 0 Å². The predicted octanol–water partition coefficient (Wildman–Crippen LogP) is -4.76. The fourth-order valence-corrected chi connectivity index (χ4v) is 2.18. The molecule has 0 aliphatic carbocycles. The minimum absolute atomic E-state index is 0.249. The van der Waals surface area contributed by atoms with E-state index in [0.717, 1.165) is 0 Å². The number of aliphatic hydroxyl groups is 7. The van der Waals surface area contributed by atoms with Gasteiger partial charge in [0.05, 0.1) is 13.2 Å². The summed E-state index contributed by atoms with van der Waals surface area (Å²) in [4.78, 5) is 0. The van der Waals surface area contributed by atoms with Crippen molar-refractivity contribution >= 4 is 0 Å². The summed E-state index contributed by atoms with van der Waals surface area (Å²) in [5, 5.41) is 66.2. The molecule has 2 rings (SSSR count). The first-order valence-electron chi connectivity index (χ1n) is 6.48. The number of aliphatic hydroxyl groups excluding tert-OH is 7. The van der Waals surface area contributed by atoms with Crippen molar-refractivity contribution in [3.63, 3.8) is 0 Å². The van der Waals surface area contributed by atoms with Gasteiger partial charge in [0.25, 0.3) is 0 Å². The highest BCUT2D eigenvalue weighted by Gasteiger charge is 2.44. The van der Waals surface area contributed by atoms with Crippen LogP contribution in [0, 0.1) is 0 Å². The van der Waals surface area contributed by atoms with Crippen LogP contribution >= 0.6 is 0 Å². The molecule has 0 aromatic heterocycles. The third-order valence-corrected chi connectivity index (χ3v) is 3.57. The van der Waals surface area contributed by atoms with Crippen molar-refractivity contribution in [1.82, 2.24) is 0 Å². The topological polar surface area (TPSA) is 169 Å². The SMILES string of the molecule is O[C@@H]1[C@@H](O)[C@H](CO[C@@H]2OC[C@H](O)[C@H](O)[C@H]2O)O[C@H](O)[C@H]1O. The molecule has 21 heavy (non-hydrogen) atoms. The lowest BCUT2D eigenvalue weighted by Crippen LogP contribution is -2.59. The van der Waals surface area contributed by atoms with E-state index in [1.54, 1.807) is 0 Å². The Hall–Kier alpha value is -0.400. The van der Waals surface area contributed by atoms with Crippen LogP contribution in [-0.2, 0) is 14.2 Å². The molecule has 0 unspecified atom stereocenters. The van der Waals surface area contributed by atoms with Crippen LogP contribution < -0.4 is 0 Å². The first-order chi connectivity index (χ1) is 9.82. The smallest absolute Gasteiger partial charge is 0.186 e. The Morgan fingerprint density at radius 2 is 1.48 bits per heavy atom. The molecule has 2 saturated heterocycles. The van der Waals surface area contributed by atoms with Crippen LogP contribution in [0.3, 0.4) is 0 Å². The second-order valence-electron chi connectivity index (χ2n) is 5.12. The van der Waals surface area contributed by atoms with Gasteiger partial charge in [-0.15, -0.1) is 0 Å². The van der Waals surface area contributed by atoms with Gasteiger partial charge in [0.2, 0.25) is 0 Å². The van der Waals surface area contributed by atoms with Gasteiger partial charge < -0.3 is 50.0 Å². The normalized spacial score (nSPS) is 51.9. The molecule has 0 saturated carbocycles. The molecule has 0 spiro atoms. The largest absolute Gasteiger partial charge is 0.388 e. The summed E-state index contributed by atoms with van der Waals surface area (Å²) < 4.78 is 15.0. The van der Waals surface area contributed by atoms with Crippen LogP contribution in [0.4, 0.5) is 0 Å². The van der Waals surface area contributed by atoms with Crippen LogP contribution in [0.1, 0.15) is 0 Å². The summed E-state index contributed by atoms with van der Waals surface area (Å²) in [6.07, 6.45) is -13.1. The average Bonchev–Trinajstić information content (AvgIpc) is 2.46. The van der Waals surface area contributed by atoms with Gasteiger partial charge in [-0.3, -0.25) is 0 Å². The maximum Gasteiger partial charge on any atom is 0.186 e. The summed E-state index contributed by atoms with van der Waals surface area (Å²) in [6, 6.07) is 0. The van der Waals surface area contributed by atoms with E-state index in [1.807, 2.05) is 0 Å². The summed E-state index contributed by atoms with van der Waals surface area (Å²) in [7, 11) is 0. The Labute approximate surface area is 119 Å². The molecule has 10 nitrogen and oxygen atoms in total. The van der Waals surface area contributed by atoms with Crippen molar-refractivity contribution < 1.29 is 50.0 Å². The average molecular weight is 312 g/mol. The van der Waals surface area contributed by atoms with Gasteiger partial charge in [0, 0.05) is 0 Å². The number of hydrogen-bond acceptors (Lipinski definition) is 10. The van der Waals surface area contributed by atoms with Crippen LogP contribution in [0.25, 0.3) is 0 Å². The molecule has 0 aromatic carbocycles. The Kier molecular flexibility index (Phi) is 5.48. The van der Waals surface area contributed by atoms with Crippen molar-refractivity contribution in [1.29, 1.82) is 0 Å². The molecule has 0 bridgehead atoms. The van der Waals surface area contributed by atoms with Crippen LogP contribution in [-0.4, -0.2) is 104 Å². The fourth-order valence-electron chi connectivity index (χ4n) is 2.18. The Morgan fingerprint density at radius 1 is 0.810 bits per heavy atom. The number of ether oxygens (including phenoxy) is 3. The predicted molar refractivity (Wildman–Crippen MR) is 62.6 cm³/mol. The number of hydrogen-bond donors (Lipinski definition) is 7. The lowest BCUT2D eigenvalue weighted by Gasteiger charge is -2.40. The molecule has 0 aromatic rings. The van der Waals surface area contributed by atoms with Crippen molar-refractivity contribution in [2.45, 2.75) is 55.3 Å². The lowest BCUT2D eigenvalue weighted by molar-refractivity contribution is -0.312. The minimum Gasteiger partial charge on any atom is -0.388 e. The van der Waals surface area contributed by atoms with Crippen molar-refractivity contribution in [2.75, 3.05) is 13.2 Å². The maximum atomic E-state index is 9.70. The van der Waals surface area contributed by atoms with E-state index >= 15 is 0 Å². The minimum atomic E-state index is -1.69. The first kappa shape index (κ1) is 17.0. The van der Waals surface area contributed by atoms with E-state index in [4.69, 9.17) is 14.2 Å². The second kappa shape index (κ2) is 6.79. The zero-order valence-electron chi connectivity index (χ0n) is 11.0. The van der Waals surface area contributed by atoms with Gasteiger partial charge >= 0.3 is 0 Å². The molecule has 10 heteroatoms. The third kappa shape index (κ3) is 3.51. The maximum absolute atomic E-state index is 9.70. The third-order valence-electron chi connectivity index (χ3n) is 3.57.